The van der Waals surface area contributed by atoms with Crippen molar-refractivity contribution in [1.29, 1.82) is 0 Å². The summed E-state index contributed by atoms with van der Waals surface area (Å²) in [7, 11) is 0. The number of nitrogens with zero attached hydrogens (tertiary/aromatic N) is 4. The molecular weight excluding hydrogens is 354 g/mol. The number of hydrogen-bond donors (Lipinski definition) is 1. The van der Waals surface area contributed by atoms with Crippen LogP contribution in [0.15, 0.2) is 41.6 Å². The molecule has 0 aliphatic carbocycles. The highest BCUT2D eigenvalue weighted by atomic mass is 35.5. The summed E-state index contributed by atoms with van der Waals surface area (Å²) in [5.74, 6) is -0.0812. The molecule has 0 fully saturated rings. The van der Waals surface area contributed by atoms with E-state index in [1.54, 1.807) is 16.8 Å². The lowest BCUT2D eigenvalue weighted by Gasteiger charge is -2.08. The third kappa shape index (κ3) is 3.94. The van der Waals surface area contributed by atoms with Gasteiger partial charge in [0.05, 0.1) is 19.3 Å². The Morgan fingerprint density at radius 1 is 1.27 bits per heavy atom. The maximum Gasteiger partial charge on any atom is 0.264 e. The van der Waals surface area contributed by atoms with E-state index in [1.165, 1.54) is 17.1 Å². The van der Waals surface area contributed by atoms with Gasteiger partial charge >= 0.3 is 0 Å². The summed E-state index contributed by atoms with van der Waals surface area (Å²) in [6.45, 7) is 4.97. The number of hydrogen-bond acceptors (Lipinski definition) is 4. The van der Waals surface area contributed by atoms with Crippen LogP contribution in [0.25, 0.3) is 11.0 Å². The molecule has 0 aliphatic rings. The standard InChI is InChI=1S/C18H20ClN5O2/c1-12(2)17(25)20-7-8-24-16-15(9-22-24)18(26)23(11-21-16)10-13-3-5-14(19)6-4-13/h3-6,9,11-12H,7-8,10H2,1-2H3,(H,20,25). The lowest BCUT2D eigenvalue weighted by atomic mass is 10.2. The highest BCUT2D eigenvalue weighted by molar-refractivity contribution is 6.30. The number of carbonyl (C=O) groups is 1. The van der Waals surface area contributed by atoms with Gasteiger partial charge < -0.3 is 5.32 Å². The van der Waals surface area contributed by atoms with Crippen LogP contribution in [0, 0.1) is 5.92 Å². The Labute approximate surface area is 155 Å². The zero-order chi connectivity index (χ0) is 18.7. The normalized spacial score (nSPS) is 11.2. The third-order valence-corrected chi connectivity index (χ3v) is 4.29. The maximum atomic E-state index is 12.7. The van der Waals surface area contributed by atoms with Gasteiger partial charge in [-0.1, -0.05) is 37.6 Å². The number of amides is 1. The van der Waals surface area contributed by atoms with Gasteiger partial charge in [-0.05, 0) is 17.7 Å². The Bertz CT molecular complexity index is 975. The van der Waals surface area contributed by atoms with Crippen molar-refractivity contribution in [2.45, 2.75) is 26.9 Å². The molecular formula is C18H20ClN5O2. The van der Waals surface area contributed by atoms with E-state index in [1.807, 2.05) is 26.0 Å². The maximum absolute atomic E-state index is 12.7. The largest absolute Gasteiger partial charge is 0.354 e. The van der Waals surface area contributed by atoms with Crippen LogP contribution in [0.3, 0.4) is 0 Å². The summed E-state index contributed by atoms with van der Waals surface area (Å²) >= 11 is 5.89. The molecule has 0 unspecified atom stereocenters. The first-order valence-electron chi connectivity index (χ1n) is 8.39. The van der Waals surface area contributed by atoms with Crippen LogP contribution in [0.2, 0.25) is 5.02 Å². The molecule has 26 heavy (non-hydrogen) atoms. The van der Waals surface area contributed by atoms with E-state index < -0.39 is 0 Å². The van der Waals surface area contributed by atoms with Gasteiger partial charge in [0.1, 0.15) is 11.7 Å². The van der Waals surface area contributed by atoms with Gasteiger partial charge in [0.25, 0.3) is 5.56 Å². The number of aromatic nitrogens is 4. The Morgan fingerprint density at radius 2 is 2.00 bits per heavy atom. The van der Waals surface area contributed by atoms with Crippen molar-refractivity contribution < 1.29 is 4.79 Å². The average molecular weight is 374 g/mol. The number of nitrogens with one attached hydrogen (secondary N) is 1. The molecule has 1 amide bonds. The van der Waals surface area contributed by atoms with Crippen molar-refractivity contribution in [3.8, 4) is 0 Å². The number of rotatable bonds is 6. The van der Waals surface area contributed by atoms with Crippen LogP contribution in [0.1, 0.15) is 19.4 Å². The molecule has 0 spiro atoms. The van der Waals surface area contributed by atoms with Crippen molar-refractivity contribution in [2.75, 3.05) is 6.54 Å². The van der Waals surface area contributed by atoms with Crippen LogP contribution in [0.5, 0.6) is 0 Å². The summed E-state index contributed by atoms with van der Waals surface area (Å²) < 4.78 is 3.17. The molecule has 0 atom stereocenters. The molecule has 0 radical (unpaired) electrons. The Hall–Kier alpha value is -2.67. The molecule has 2 aromatic heterocycles. The molecule has 0 aliphatic heterocycles. The Morgan fingerprint density at radius 3 is 2.69 bits per heavy atom. The third-order valence-electron chi connectivity index (χ3n) is 4.04. The molecule has 8 heteroatoms. The van der Waals surface area contributed by atoms with Gasteiger partial charge in [-0.25, -0.2) is 9.67 Å². The quantitative estimate of drug-likeness (QED) is 0.717. The lowest BCUT2D eigenvalue weighted by molar-refractivity contribution is -0.124. The van der Waals surface area contributed by atoms with Crippen molar-refractivity contribution in [1.82, 2.24) is 24.6 Å². The molecule has 1 N–H and O–H groups in total. The van der Waals surface area contributed by atoms with Crippen LogP contribution in [-0.4, -0.2) is 31.8 Å². The molecule has 0 bridgehead atoms. The highest BCUT2D eigenvalue weighted by Crippen LogP contribution is 2.11. The van der Waals surface area contributed by atoms with Gasteiger partial charge in [-0.15, -0.1) is 0 Å². The van der Waals surface area contributed by atoms with E-state index >= 15 is 0 Å². The minimum Gasteiger partial charge on any atom is -0.354 e. The van der Waals surface area contributed by atoms with E-state index in [9.17, 15) is 9.59 Å². The zero-order valence-electron chi connectivity index (χ0n) is 14.6. The summed E-state index contributed by atoms with van der Waals surface area (Å²) in [6.07, 6.45) is 3.04. The van der Waals surface area contributed by atoms with Crippen molar-refractivity contribution in [3.05, 3.63) is 57.7 Å². The average Bonchev–Trinajstić information content (AvgIpc) is 3.03. The number of halogens is 1. The molecule has 7 nitrogen and oxygen atoms in total. The molecule has 3 rings (SSSR count). The number of carbonyl (C=O) groups excluding carboxylic acids is 1. The Balaban J connectivity index is 1.77. The van der Waals surface area contributed by atoms with Crippen molar-refractivity contribution >= 4 is 28.5 Å². The minimum atomic E-state index is -0.151. The molecule has 0 saturated carbocycles. The number of benzene rings is 1. The molecule has 3 aromatic rings. The second-order valence-electron chi connectivity index (χ2n) is 6.35. The summed E-state index contributed by atoms with van der Waals surface area (Å²) in [5, 5.41) is 8.16. The van der Waals surface area contributed by atoms with E-state index in [0.717, 1.165) is 5.56 Å². The van der Waals surface area contributed by atoms with Gasteiger partial charge in [0.15, 0.2) is 5.65 Å². The first kappa shape index (κ1) is 18.1. The van der Waals surface area contributed by atoms with Crippen LogP contribution in [0.4, 0.5) is 0 Å². The molecule has 0 saturated heterocycles. The summed E-state index contributed by atoms with van der Waals surface area (Å²) in [4.78, 5) is 28.6. The first-order chi connectivity index (χ1) is 12.5. The zero-order valence-corrected chi connectivity index (χ0v) is 15.4. The van der Waals surface area contributed by atoms with Crippen molar-refractivity contribution in [2.24, 2.45) is 5.92 Å². The van der Waals surface area contributed by atoms with E-state index in [2.05, 4.69) is 15.4 Å². The first-order valence-corrected chi connectivity index (χ1v) is 8.76. The van der Waals surface area contributed by atoms with Gasteiger partial charge in [-0.3, -0.25) is 14.2 Å². The van der Waals surface area contributed by atoms with Gasteiger partial charge in [0, 0.05) is 17.5 Å². The molecule has 1 aromatic carbocycles. The van der Waals surface area contributed by atoms with Crippen LogP contribution >= 0.6 is 11.6 Å². The molecule has 136 valence electrons. The van der Waals surface area contributed by atoms with Gasteiger partial charge in [-0.2, -0.15) is 5.10 Å². The minimum absolute atomic E-state index is 0.0141. The fourth-order valence-electron chi connectivity index (χ4n) is 2.55. The fraction of sp³-hybridized carbons (Fsp3) is 0.333. The van der Waals surface area contributed by atoms with Gasteiger partial charge in [0.2, 0.25) is 5.91 Å². The SMILES string of the molecule is CC(C)C(=O)NCCn1ncc2c(=O)n(Cc3ccc(Cl)cc3)cnc21. The van der Waals surface area contributed by atoms with E-state index in [-0.39, 0.29) is 17.4 Å². The monoisotopic (exact) mass is 373 g/mol. The van der Waals surface area contributed by atoms with Crippen molar-refractivity contribution in [3.63, 3.8) is 0 Å². The predicted octanol–water partition coefficient (Wildman–Crippen LogP) is 2.07. The summed E-state index contributed by atoms with van der Waals surface area (Å²) in [6, 6.07) is 7.33. The van der Waals surface area contributed by atoms with E-state index in [0.29, 0.717) is 35.7 Å². The van der Waals surface area contributed by atoms with Crippen LogP contribution < -0.4 is 10.9 Å². The fourth-order valence-corrected chi connectivity index (χ4v) is 2.68. The second-order valence-corrected chi connectivity index (χ2v) is 6.79. The second kappa shape index (κ2) is 7.70. The topological polar surface area (TPSA) is 81.8 Å². The number of fused-ring (bicyclic) bond motifs is 1. The lowest BCUT2D eigenvalue weighted by Crippen LogP contribution is -2.31. The summed E-state index contributed by atoms with van der Waals surface area (Å²) in [5.41, 5.74) is 1.32. The highest BCUT2D eigenvalue weighted by Gasteiger charge is 2.11. The van der Waals surface area contributed by atoms with E-state index in [4.69, 9.17) is 11.6 Å². The molecule has 2 heterocycles. The predicted molar refractivity (Wildman–Crippen MR) is 100 cm³/mol. The Kier molecular flexibility index (Phi) is 5.37. The smallest absolute Gasteiger partial charge is 0.264 e. The van der Waals surface area contributed by atoms with Crippen LogP contribution in [-0.2, 0) is 17.9 Å².